The van der Waals surface area contributed by atoms with Crippen molar-refractivity contribution < 1.29 is 4.42 Å². The summed E-state index contributed by atoms with van der Waals surface area (Å²) < 4.78 is 5.51. The second-order valence-electron chi connectivity index (χ2n) is 5.29. The number of hydrogen-bond donors (Lipinski definition) is 1. The van der Waals surface area contributed by atoms with Gasteiger partial charge >= 0.3 is 0 Å². The number of rotatable bonds is 6. The van der Waals surface area contributed by atoms with Crippen LogP contribution in [0.15, 0.2) is 41.0 Å². The van der Waals surface area contributed by atoms with Crippen molar-refractivity contribution in [3.63, 3.8) is 0 Å². The van der Waals surface area contributed by atoms with E-state index in [2.05, 4.69) is 17.1 Å². The molecule has 0 amide bonds. The van der Waals surface area contributed by atoms with Crippen LogP contribution in [0.5, 0.6) is 0 Å². The number of likely N-dealkylation sites (N-methyl/N-ethyl adjacent to an activating group) is 1. The van der Waals surface area contributed by atoms with Crippen molar-refractivity contribution in [2.75, 3.05) is 20.6 Å². The molecule has 0 aliphatic heterocycles. The molecule has 0 fully saturated rings. The minimum absolute atomic E-state index is 0.105. The molecule has 3 nitrogen and oxygen atoms in total. The van der Waals surface area contributed by atoms with Gasteiger partial charge in [0.2, 0.25) is 0 Å². The number of benzene rings is 1. The molecule has 0 bridgehead atoms. The van der Waals surface area contributed by atoms with Crippen molar-refractivity contribution in [2.24, 2.45) is 0 Å². The van der Waals surface area contributed by atoms with Crippen molar-refractivity contribution in [2.45, 2.75) is 19.0 Å². The second kappa shape index (κ2) is 7.32. The van der Waals surface area contributed by atoms with E-state index in [1.165, 1.54) is 0 Å². The van der Waals surface area contributed by atoms with Crippen molar-refractivity contribution >= 4 is 23.2 Å². The molecule has 1 aromatic heterocycles. The molecule has 2 aromatic rings. The molecule has 1 aromatic carbocycles. The molecule has 21 heavy (non-hydrogen) atoms. The summed E-state index contributed by atoms with van der Waals surface area (Å²) in [6.07, 6.45) is 1.70. The maximum atomic E-state index is 6.24. The van der Waals surface area contributed by atoms with Crippen molar-refractivity contribution in [1.82, 2.24) is 10.2 Å². The van der Waals surface area contributed by atoms with E-state index in [9.17, 15) is 0 Å². The van der Waals surface area contributed by atoms with Gasteiger partial charge in [0, 0.05) is 22.6 Å². The van der Waals surface area contributed by atoms with Gasteiger partial charge in [0.25, 0.3) is 0 Å². The third-order valence-corrected chi connectivity index (χ3v) is 4.12. The Morgan fingerprint density at radius 3 is 2.62 bits per heavy atom. The van der Waals surface area contributed by atoms with E-state index in [-0.39, 0.29) is 12.1 Å². The zero-order chi connectivity index (χ0) is 15.4. The smallest absolute Gasteiger partial charge is 0.122 e. The molecule has 0 aliphatic carbocycles. The van der Waals surface area contributed by atoms with Gasteiger partial charge in [-0.25, -0.2) is 0 Å². The van der Waals surface area contributed by atoms with Crippen LogP contribution in [-0.4, -0.2) is 25.5 Å². The van der Waals surface area contributed by atoms with Gasteiger partial charge in [-0.2, -0.15) is 0 Å². The minimum Gasteiger partial charge on any atom is -0.468 e. The Hall–Kier alpha value is -1.000. The first kappa shape index (κ1) is 16.4. The third kappa shape index (κ3) is 4.24. The molecule has 0 spiro atoms. The van der Waals surface area contributed by atoms with Crippen LogP contribution < -0.4 is 5.32 Å². The summed E-state index contributed by atoms with van der Waals surface area (Å²) >= 11 is 12.3. The highest BCUT2D eigenvalue weighted by molar-refractivity contribution is 6.33. The molecule has 114 valence electrons. The Morgan fingerprint density at radius 1 is 1.24 bits per heavy atom. The Kier molecular flexibility index (Phi) is 5.71. The lowest BCUT2D eigenvalue weighted by atomic mass is 10.1. The Labute approximate surface area is 135 Å². The minimum atomic E-state index is 0.105. The number of hydrogen-bond acceptors (Lipinski definition) is 3. The molecule has 2 unspecified atom stereocenters. The van der Waals surface area contributed by atoms with E-state index in [4.69, 9.17) is 27.6 Å². The van der Waals surface area contributed by atoms with Crippen LogP contribution >= 0.6 is 23.2 Å². The molecule has 5 heteroatoms. The molecule has 0 saturated heterocycles. The van der Waals surface area contributed by atoms with Crippen LogP contribution in [0, 0.1) is 0 Å². The quantitative estimate of drug-likeness (QED) is 0.844. The molecule has 1 heterocycles. The first-order chi connectivity index (χ1) is 9.99. The zero-order valence-electron chi connectivity index (χ0n) is 12.4. The zero-order valence-corrected chi connectivity index (χ0v) is 13.9. The summed E-state index contributed by atoms with van der Waals surface area (Å²) in [5.74, 6) is 0.942. The average molecular weight is 327 g/mol. The normalized spacial score (nSPS) is 14.4. The van der Waals surface area contributed by atoms with Crippen LogP contribution in [0.25, 0.3) is 0 Å². The van der Waals surface area contributed by atoms with E-state index in [1.807, 2.05) is 38.4 Å². The van der Waals surface area contributed by atoms with Gasteiger partial charge < -0.3 is 9.73 Å². The highest BCUT2D eigenvalue weighted by Crippen LogP contribution is 2.27. The highest BCUT2D eigenvalue weighted by Gasteiger charge is 2.18. The molecular formula is C16H20Cl2N2O. The number of halogens is 2. The fourth-order valence-electron chi connectivity index (χ4n) is 2.26. The lowest BCUT2D eigenvalue weighted by Gasteiger charge is -2.25. The Balaban J connectivity index is 2.05. The summed E-state index contributed by atoms with van der Waals surface area (Å²) in [5, 5.41) is 4.91. The molecule has 0 saturated carbocycles. The van der Waals surface area contributed by atoms with Gasteiger partial charge in [0.15, 0.2) is 0 Å². The van der Waals surface area contributed by atoms with E-state index in [0.29, 0.717) is 5.02 Å². The van der Waals surface area contributed by atoms with Gasteiger partial charge in [0.1, 0.15) is 5.76 Å². The standard InChI is InChI=1S/C16H20Cl2N2O/c1-11(13-9-12(17)6-7-14(13)18)19-10-15(20(2)3)16-5-4-8-21-16/h4-9,11,15,19H,10H2,1-3H3. The van der Waals surface area contributed by atoms with Crippen molar-refractivity contribution in [1.29, 1.82) is 0 Å². The van der Waals surface area contributed by atoms with E-state index in [1.54, 1.807) is 12.3 Å². The molecule has 2 atom stereocenters. The van der Waals surface area contributed by atoms with E-state index < -0.39 is 0 Å². The molecular weight excluding hydrogens is 307 g/mol. The summed E-state index contributed by atoms with van der Waals surface area (Å²) in [6, 6.07) is 9.69. The Bertz CT molecular complexity index is 570. The summed E-state index contributed by atoms with van der Waals surface area (Å²) in [4.78, 5) is 2.12. The van der Waals surface area contributed by atoms with Gasteiger partial charge in [-0.3, -0.25) is 4.90 Å². The SMILES string of the molecule is CC(NCC(c1ccco1)N(C)C)c1cc(Cl)ccc1Cl. The van der Waals surface area contributed by atoms with Crippen molar-refractivity contribution in [3.8, 4) is 0 Å². The predicted octanol–water partition coefficient (Wildman–Crippen LogP) is 4.54. The second-order valence-corrected chi connectivity index (χ2v) is 6.13. The third-order valence-electron chi connectivity index (χ3n) is 3.54. The monoisotopic (exact) mass is 326 g/mol. The number of nitrogens with one attached hydrogen (secondary N) is 1. The summed E-state index contributed by atoms with van der Waals surface area (Å²) in [7, 11) is 4.07. The number of nitrogens with zero attached hydrogens (tertiary/aromatic N) is 1. The van der Waals surface area contributed by atoms with Crippen LogP contribution in [0.3, 0.4) is 0 Å². The molecule has 1 N–H and O–H groups in total. The first-order valence-electron chi connectivity index (χ1n) is 6.87. The highest BCUT2D eigenvalue weighted by atomic mass is 35.5. The molecule has 0 radical (unpaired) electrons. The van der Waals surface area contributed by atoms with Crippen LogP contribution in [0.1, 0.15) is 30.3 Å². The van der Waals surface area contributed by atoms with Gasteiger partial charge in [-0.15, -0.1) is 0 Å². The predicted molar refractivity (Wildman–Crippen MR) is 88.0 cm³/mol. The first-order valence-corrected chi connectivity index (χ1v) is 7.62. The Morgan fingerprint density at radius 2 is 2.00 bits per heavy atom. The van der Waals surface area contributed by atoms with Gasteiger partial charge in [-0.05, 0) is 56.9 Å². The average Bonchev–Trinajstić information content (AvgIpc) is 2.95. The van der Waals surface area contributed by atoms with Crippen LogP contribution in [0.4, 0.5) is 0 Å². The van der Waals surface area contributed by atoms with Gasteiger partial charge in [0.05, 0.1) is 12.3 Å². The number of furan rings is 1. The lowest BCUT2D eigenvalue weighted by Crippen LogP contribution is -2.32. The summed E-state index contributed by atoms with van der Waals surface area (Å²) in [6.45, 7) is 2.83. The lowest BCUT2D eigenvalue weighted by molar-refractivity contribution is 0.245. The van der Waals surface area contributed by atoms with Crippen LogP contribution in [0.2, 0.25) is 10.0 Å². The summed E-state index contributed by atoms with van der Waals surface area (Å²) in [5.41, 5.74) is 1.00. The maximum absolute atomic E-state index is 6.24. The fourth-order valence-corrected chi connectivity index (χ4v) is 2.73. The maximum Gasteiger partial charge on any atom is 0.122 e. The van der Waals surface area contributed by atoms with Crippen molar-refractivity contribution in [3.05, 3.63) is 58.0 Å². The van der Waals surface area contributed by atoms with E-state index >= 15 is 0 Å². The largest absolute Gasteiger partial charge is 0.468 e. The topological polar surface area (TPSA) is 28.4 Å². The van der Waals surface area contributed by atoms with Gasteiger partial charge in [-0.1, -0.05) is 23.2 Å². The van der Waals surface area contributed by atoms with E-state index in [0.717, 1.165) is 22.9 Å². The fraction of sp³-hybridized carbons (Fsp3) is 0.375. The molecule has 2 rings (SSSR count). The molecule has 0 aliphatic rings. The van der Waals surface area contributed by atoms with Crippen LogP contribution in [-0.2, 0) is 0 Å².